The Balaban J connectivity index is 1.84. The van der Waals surface area contributed by atoms with E-state index < -0.39 is 0 Å². The number of hydrogen-bond acceptors (Lipinski definition) is 7. The van der Waals surface area contributed by atoms with Crippen LogP contribution in [0.3, 0.4) is 0 Å². The number of fused-ring (bicyclic) bond motifs is 1. The molecule has 7 nitrogen and oxygen atoms in total. The van der Waals surface area contributed by atoms with Crippen molar-refractivity contribution in [2.75, 3.05) is 58.4 Å². The van der Waals surface area contributed by atoms with E-state index in [0.717, 1.165) is 59.1 Å². The molecule has 0 spiro atoms. The van der Waals surface area contributed by atoms with Gasteiger partial charge in [0.2, 0.25) is 0 Å². The van der Waals surface area contributed by atoms with Gasteiger partial charge in [-0.05, 0) is 26.0 Å². The average molecular weight is 363 g/mol. The van der Waals surface area contributed by atoms with Crippen LogP contribution in [0, 0.1) is 6.92 Å². The van der Waals surface area contributed by atoms with Crippen molar-refractivity contribution in [2.45, 2.75) is 13.3 Å². The Morgan fingerprint density at radius 1 is 1.32 bits per heavy atom. The zero-order chi connectivity index (χ0) is 17.8. The standard InChI is InChI=1S/C17H25N5O2S/c1-12-13-15(22-8-6-21(2)7-9-22)19-11-20-17(13)25-14(12)16(23)18-5-4-10-24-3/h11H,4-10H2,1-3H3,(H,18,23). The SMILES string of the molecule is COCCCNC(=O)c1sc2ncnc(N3CCN(C)CC3)c2c1C. The van der Waals surface area contributed by atoms with Crippen molar-refractivity contribution in [3.63, 3.8) is 0 Å². The number of aromatic nitrogens is 2. The molecule has 3 rings (SSSR count). The number of carbonyl (C=O) groups excluding carboxylic acids is 1. The summed E-state index contributed by atoms with van der Waals surface area (Å²) in [6.07, 6.45) is 2.41. The number of aryl methyl sites for hydroxylation is 1. The van der Waals surface area contributed by atoms with E-state index in [2.05, 4.69) is 32.1 Å². The number of ether oxygens (including phenoxy) is 1. The fourth-order valence-corrected chi connectivity index (χ4v) is 4.09. The maximum atomic E-state index is 12.5. The number of rotatable bonds is 6. The fourth-order valence-electron chi connectivity index (χ4n) is 3.03. The Hall–Kier alpha value is -1.77. The van der Waals surface area contributed by atoms with E-state index in [1.807, 2.05) is 6.92 Å². The van der Waals surface area contributed by atoms with Crippen molar-refractivity contribution < 1.29 is 9.53 Å². The summed E-state index contributed by atoms with van der Waals surface area (Å²) in [6, 6.07) is 0. The summed E-state index contributed by atoms with van der Waals surface area (Å²) in [5.74, 6) is 0.909. The van der Waals surface area contributed by atoms with Crippen LogP contribution in [0.1, 0.15) is 21.7 Å². The highest BCUT2D eigenvalue weighted by molar-refractivity contribution is 7.20. The molecule has 0 bridgehead atoms. The highest BCUT2D eigenvalue weighted by atomic mass is 32.1. The van der Waals surface area contributed by atoms with Crippen LogP contribution in [-0.2, 0) is 4.74 Å². The molecule has 0 unspecified atom stereocenters. The van der Waals surface area contributed by atoms with Gasteiger partial charge in [0.1, 0.15) is 17.0 Å². The van der Waals surface area contributed by atoms with Gasteiger partial charge in [-0.1, -0.05) is 0 Å². The van der Waals surface area contributed by atoms with Gasteiger partial charge in [-0.2, -0.15) is 0 Å². The number of methoxy groups -OCH3 is 1. The first-order valence-corrected chi connectivity index (χ1v) is 9.38. The quantitative estimate of drug-likeness (QED) is 0.785. The number of nitrogens with one attached hydrogen (secondary N) is 1. The Labute approximate surface area is 152 Å². The van der Waals surface area contributed by atoms with Gasteiger partial charge in [0.05, 0.1) is 10.3 Å². The summed E-state index contributed by atoms with van der Waals surface area (Å²) >= 11 is 1.44. The fraction of sp³-hybridized carbons (Fsp3) is 0.588. The molecule has 0 radical (unpaired) electrons. The van der Waals surface area contributed by atoms with E-state index in [1.165, 1.54) is 11.3 Å². The lowest BCUT2D eigenvalue weighted by molar-refractivity contribution is 0.0952. The number of piperazine rings is 1. The van der Waals surface area contributed by atoms with E-state index in [0.29, 0.717) is 13.2 Å². The number of anilines is 1. The zero-order valence-electron chi connectivity index (χ0n) is 15.0. The molecule has 0 atom stereocenters. The van der Waals surface area contributed by atoms with Crippen LogP contribution in [0.2, 0.25) is 0 Å². The number of likely N-dealkylation sites (N-methyl/N-ethyl adjacent to an activating group) is 1. The number of hydrogen-bond donors (Lipinski definition) is 1. The Morgan fingerprint density at radius 2 is 2.08 bits per heavy atom. The van der Waals surface area contributed by atoms with Gasteiger partial charge in [0.15, 0.2) is 0 Å². The molecule has 2 aromatic heterocycles. The zero-order valence-corrected chi connectivity index (χ0v) is 15.9. The van der Waals surface area contributed by atoms with Crippen molar-refractivity contribution in [3.05, 3.63) is 16.8 Å². The van der Waals surface area contributed by atoms with Gasteiger partial charge in [0.25, 0.3) is 5.91 Å². The average Bonchev–Trinajstić information content (AvgIpc) is 2.96. The van der Waals surface area contributed by atoms with Gasteiger partial charge in [-0.3, -0.25) is 4.79 Å². The maximum Gasteiger partial charge on any atom is 0.261 e. The van der Waals surface area contributed by atoms with Gasteiger partial charge >= 0.3 is 0 Å². The Kier molecular flexibility index (Phi) is 5.82. The molecule has 0 aliphatic carbocycles. The van der Waals surface area contributed by atoms with Crippen LogP contribution in [-0.4, -0.2) is 74.3 Å². The molecule has 25 heavy (non-hydrogen) atoms. The van der Waals surface area contributed by atoms with Crippen LogP contribution in [0.25, 0.3) is 10.2 Å². The monoisotopic (exact) mass is 363 g/mol. The minimum Gasteiger partial charge on any atom is -0.385 e. The maximum absolute atomic E-state index is 12.5. The van der Waals surface area contributed by atoms with Gasteiger partial charge in [-0.25, -0.2) is 9.97 Å². The van der Waals surface area contributed by atoms with Crippen molar-refractivity contribution in [1.82, 2.24) is 20.2 Å². The largest absolute Gasteiger partial charge is 0.385 e. The summed E-state index contributed by atoms with van der Waals surface area (Å²) in [4.78, 5) is 27.7. The molecule has 1 aliphatic rings. The molecule has 0 saturated carbocycles. The number of carbonyl (C=O) groups is 1. The van der Waals surface area contributed by atoms with E-state index in [-0.39, 0.29) is 5.91 Å². The molecule has 3 heterocycles. The van der Waals surface area contributed by atoms with Crippen LogP contribution < -0.4 is 10.2 Å². The summed E-state index contributed by atoms with van der Waals surface area (Å²) < 4.78 is 5.02. The third kappa shape index (κ3) is 3.91. The van der Waals surface area contributed by atoms with E-state index in [9.17, 15) is 4.79 Å². The summed E-state index contributed by atoms with van der Waals surface area (Å²) in [6.45, 7) is 7.16. The number of thiophene rings is 1. The van der Waals surface area contributed by atoms with E-state index in [1.54, 1.807) is 13.4 Å². The first-order chi connectivity index (χ1) is 12.1. The number of nitrogens with zero attached hydrogens (tertiary/aromatic N) is 4. The van der Waals surface area contributed by atoms with Crippen molar-refractivity contribution >= 4 is 33.3 Å². The van der Waals surface area contributed by atoms with Crippen LogP contribution in [0.4, 0.5) is 5.82 Å². The lowest BCUT2D eigenvalue weighted by atomic mass is 10.1. The number of amides is 1. The molecule has 8 heteroatoms. The molecular formula is C17H25N5O2S. The summed E-state index contributed by atoms with van der Waals surface area (Å²) in [7, 11) is 3.80. The van der Waals surface area contributed by atoms with Gasteiger partial charge in [-0.15, -0.1) is 11.3 Å². The molecule has 0 aromatic carbocycles. The van der Waals surface area contributed by atoms with Gasteiger partial charge in [0, 0.05) is 46.4 Å². The second-order valence-corrected chi connectivity index (χ2v) is 7.33. The minimum absolute atomic E-state index is 0.0408. The normalized spacial score (nSPS) is 15.7. The van der Waals surface area contributed by atoms with Crippen LogP contribution in [0.15, 0.2) is 6.33 Å². The Bertz CT molecular complexity index is 740. The van der Waals surface area contributed by atoms with Crippen LogP contribution in [0.5, 0.6) is 0 Å². The van der Waals surface area contributed by atoms with E-state index >= 15 is 0 Å². The molecule has 1 fully saturated rings. The van der Waals surface area contributed by atoms with Crippen molar-refractivity contribution in [3.8, 4) is 0 Å². The van der Waals surface area contributed by atoms with Gasteiger partial charge < -0.3 is 19.9 Å². The highest BCUT2D eigenvalue weighted by Gasteiger charge is 2.23. The smallest absolute Gasteiger partial charge is 0.261 e. The molecule has 2 aromatic rings. The molecule has 1 aliphatic heterocycles. The summed E-state index contributed by atoms with van der Waals surface area (Å²) in [5, 5.41) is 3.98. The summed E-state index contributed by atoms with van der Waals surface area (Å²) in [5.41, 5.74) is 0.971. The lowest BCUT2D eigenvalue weighted by Gasteiger charge is -2.33. The first-order valence-electron chi connectivity index (χ1n) is 8.56. The van der Waals surface area contributed by atoms with E-state index in [4.69, 9.17) is 4.74 Å². The highest BCUT2D eigenvalue weighted by Crippen LogP contribution is 2.35. The second kappa shape index (κ2) is 8.07. The lowest BCUT2D eigenvalue weighted by Crippen LogP contribution is -2.44. The van der Waals surface area contributed by atoms with Crippen molar-refractivity contribution in [1.29, 1.82) is 0 Å². The predicted octanol–water partition coefficient (Wildman–Crippen LogP) is 1.52. The molecule has 1 amide bonds. The van der Waals surface area contributed by atoms with Crippen molar-refractivity contribution in [2.24, 2.45) is 0 Å². The molecule has 1 saturated heterocycles. The molecule has 1 N–H and O–H groups in total. The third-order valence-corrected chi connectivity index (χ3v) is 5.73. The second-order valence-electron chi connectivity index (χ2n) is 6.33. The first kappa shape index (κ1) is 18.0. The minimum atomic E-state index is -0.0408. The molecule has 136 valence electrons. The topological polar surface area (TPSA) is 70.6 Å². The van der Waals surface area contributed by atoms with Crippen LogP contribution >= 0.6 is 11.3 Å². The Morgan fingerprint density at radius 3 is 2.80 bits per heavy atom. The predicted molar refractivity (Wildman–Crippen MR) is 101 cm³/mol. The third-order valence-electron chi connectivity index (χ3n) is 4.53. The molecular weight excluding hydrogens is 338 g/mol.